The van der Waals surface area contributed by atoms with Gasteiger partial charge in [0, 0.05) is 29.5 Å². The Labute approximate surface area is 60.9 Å². The van der Waals surface area contributed by atoms with Gasteiger partial charge < -0.3 is 4.74 Å². The first-order chi connectivity index (χ1) is 2.56. The number of rotatable bonds is 0. The minimum atomic E-state index is 0. The molecule has 0 saturated heterocycles. The summed E-state index contributed by atoms with van der Waals surface area (Å²) in [4.78, 5) is 0. The van der Waals surface area contributed by atoms with Crippen LogP contribution in [0.2, 0.25) is 0 Å². The fourth-order valence-electron chi connectivity index (χ4n) is 0. The SMILES string of the molecule is COC(C)(C)C.[Au]. The van der Waals surface area contributed by atoms with Crippen molar-refractivity contribution in [3.05, 3.63) is 0 Å². The van der Waals surface area contributed by atoms with E-state index in [0.717, 1.165) is 0 Å². The molecule has 0 spiro atoms. The van der Waals surface area contributed by atoms with Gasteiger partial charge in [0.15, 0.2) is 0 Å². The Morgan fingerprint density at radius 2 is 1.29 bits per heavy atom. The van der Waals surface area contributed by atoms with Crippen LogP contribution in [0.15, 0.2) is 0 Å². The molecule has 0 heterocycles. The van der Waals surface area contributed by atoms with Crippen molar-refractivity contribution < 1.29 is 27.1 Å². The van der Waals surface area contributed by atoms with E-state index in [2.05, 4.69) is 0 Å². The average Bonchev–Trinajstić information content (AvgIpc) is 1.35. The largest absolute Gasteiger partial charge is 0.379 e. The smallest absolute Gasteiger partial charge is 0.0594 e. The molecule has 0 aromatic carbocycles. The third-order valence-electron chi connectivity index (χ3n) is 0.612. The number of methoxy groups -OCH3 is 1. The Morgan fingerprint density at radius 1 is 1.14 bits per heavy atom. The second-order valence-corrected chi connectivity index (χ2v) is 2.32. The fourth-order valence-corrected chi connectivity index (χ4v) is 0. The van der Waals surface area contributed by atoms with Crippen LogP contribution in [0.4, 0.5) is 0 Å². The summed E-state index contributed by atoms with van der Waals surface area (Å²) < 4.78 is 4.94. The third-order valence-corrected chi connectivity index (χ3v) is 0.612. The van der Waals surface area contributed by atoms with Gasteiger partial charge in [0.05, 0.1) is 5.60 Å². The third kappa shape index (κ3) is 10.8. The zero-order valence-corrected chi connectivity index (χ0v) is 7.38. The fraction of sp³-hybridized carbons (Fsp3) is 1.00. The maximum absolute atomic E-state index is 4.94. The van der Waals surface area contributed by atoms with Crippen LogP contribution in [0.5, 0.6) is 0 Å². The summed E-state index contributed by atoms with van der Waals surface area (Å²) in [6.07, 6.45) is 0. The second-order valence-electron chi connectivity index (χ2n) is 2.32. The van der Waals surface area contributed by atoms with E-state index in [-0.39, 0.29) is 28.0 Å². The van der Waals surface area contributed by atoms with Gasteiger partial charge in [-0.15, -0.1) is 0 Å². The Kier molecular flexibility index (Phi) is 5.58. The van der Waals surface area contributed by atoms with Crippen molar-refractivity contribution in [2.45, 2.75) is 26.4 Å². The van der Waals surface area contributed by atoms with Crippen LogP contribution in [0.1, 0.15) is 20.8 Å². The summed E-state index contributed by atoms with van der Waals surface area (Å²) in [7, 11) is 1.71. The molecular formula is C5H12AuO. The predicted octanol–water partition coefficient (Wildman–Crippen LogP) is 1.43. The Morgan fingerprint density at radius 3 is 1.29 bits per heavy atom. The quantitative estimate of drug-likeness (QED) is 0.612. The maximum Gasteiger partial charge on any atom is 0.0594 e. The number of hydrogen-bond donors (Lipinski definition) is 0. The minimum Gasteiger partial charge on any atom is -0.379 e. The van der Waals surface area contributed by atoms with Crippen molar-refractivity contribution in [1.82, 2.24) is 0 Å². The van der Waals surface area contributed by atoms with Gasteiger partial charge in [-0.3, -0.25) is 0 Å². The number of ether oxygens (including phenoxy) is 1. The van der Waals surface area contributed by atoms with Gasteiger partial charge in [-0.25, -0.2) is 0 Å². The zero-order chi connectivity index (χ0) is 5.21. The normalized spacial score (nSPS) is 10.3. The molecular weight excluding hydrogens is 273 g/mol. The van der Waals surface area contributed by atoms with Gasteiger partial charge in [0.2, 0.25) is 0 Å². The molecule has 0 aliphatic heterocycles. The Balaban J connectivity index is 0. The summed E-state index contributed by atoms with van der Waals surface area (Å²) >= 11 is 0. The van der Waals surface area contributed by atoms with E-state index in [9.17, 15) is 0 Å². The molecule has 0 aromatic heterocycles. The Hall–Kier alpha value is 0.700. The van der Waals surface area contributed by atoms with Crippen molar-refractivity contribution in [3.63, 3.8) is 0 Å². The molecule has 0 fully saturated rings. The van der Waals surface area contributed by atoms with Gasteiger partial charge in [-0.2, -0.15) is 0 Å². The van der Waals surface area contributed by atoms with Gasteiger partial charge in [0.1, 0.15) is 0 Å². The first-order valence-corrected chi connectivity index (χ1v) is 2.11. The van der Waals surface area contributed by atoms with Crippen LogP contribution >= 0.6 is 0 Å². The van der Waals surface area contributed by atoms with E-state index < -0.39 is 0 Å². The van der Waals surface area contributed by atoms with E-state index in [0.29, 0.717) is 0 Å². The Bertz CT molecular complexity index is 37.8. The van der Waals surface area contributed by atoms with Crippen LogP contribution in [0.25, 0.3) is 0 Å². The molecule has 1 nitrogen and oxygen atoms in total. The van der Waals surface area contributed by atoms with Crippen LogP contribution < -0.4 is 0 Å². The molecule has 0 unspecified atom stereocenters. The van der Waals surface area contributed by atoms with Crippen molar-refractivity contribution in [2.75, 3.05) is 7.11 Å². The van der Waals surface area contributed by atoms with E-state index in [1.54, 1.807) is 7.11 Å². The molecule has 0 atom stereocenters. The van der Waals surface area contributed by atoms with Crippen molar-refractivity contribution in [3.8, 4) is 0 Å². The van der Waals surface area contributed by atoms with E-state index >= 15 is 0 Å². The molecule has 0 aliphatic rings. The summed E-state index contributed by atoms with van der Waals surface area (Å²) in [5, 5.41) is 0. The topological polar surface area (TPSA) is 9.23 Å². The average molecular weight is 285 g/mol. The molecule has 0 N–H and O–H groups in total. The van der Waals surface area contributed by atoms with E-state index in [1.165, 1.54) is 0 Å². The summed E-state index contributed by atoms with van der Waals surface area (Å²) in [5.41, 5.74) is 0.0417. The molecule has 2 heteroatoms. The van der Waals surface area contributed by atoms with E-state index in [4.69, 9.17) is 4.74 Å². The summed E-state index contributed by atoms with van der Waals surface area (Å²) in [6, 6.07) is 0. The molecule has 0 amide bonds. The summed E-state index contributed by atoms with van der Waals surface area (Å²) in [5.74, 6) is 0. The molecule has 0 bridgehead atoms. The molecule has 0 rings (SSSR count). The summed E-state index contributed by atoms with van der Waals surface area (Å²) in [6.45, 7) is 6.06. The van der Waals surface area contributed by atoms with Crippen LogP contribution in [0, 0.1) is 0 Å². The predicted molar refractivity (Wildman–Crippen MR) is 26.8 cm³/mol. The van der Waals surface area contributed by atoms with Crippen molar-refractivity contribution in [2.24, 2.45) is 0 Å². The van der Waals surface area contributed by atoms with Gasteiger partial charge in [-0.05, 0) is 20.8 Å². The van der Waals surface area contributed by atoms with Crippen LogP contribution in [-0.4, -0.2) is 12.7 Å². The van der Waals surface area contributed by atoms with Gasteiger partial charge in [0.25, 0.3) is 0 Å². The van der Waals surface area contributed by atoms with Crippen molar-refractivity contribution in [1.29, 1.82) is 0 Å². The molecule has 0 aromatic rings. The first-order valence-electron chi connectivity index (χ1n) is 2.11. The molecule has 0 aliphatic carbocycles. The standard InChI is InChI=1S/C5H12O.Au/c1-5(2,3)6-4;/h1-4H3;. The van der Waals surface area contributed by atoms with Crippen molar-refractivity contribution >= 4 is 0 Å². The molecule has 49 valence electrons. The molecule has 1 radical (unpaired) electrons. The second kappa shape index (κ2) is 3.67. The minimum absolute atomic E-state index is 0. The molecule has 7 heavy (non-hydrogen) atoms. The monoisotopic (exact) mass is 285 g/mol. The van der Waals surface area contributed by atoms with E-state index in [1.807, 2.05) is 20.8 Å². The van der Waals surface area contributed by atoms with Gasteiger partial charge in [-0.1, -0.05) is 0 Å². The van der Waals surface area contributed by atoms with Gasteiger partial charge >= 0.3 is 0 Å². The van der Waals surface area contributed by atoms with Crippen LogP contribution in [-0.2, 0) is 27.1 Å². The zero-order valence-electron chi connectivity index (χ0n) is 5.21. The maximum atomic E-state index is 4.94. The first kappa shape index (κ1) is 10.6. The molecule has 0 saturated carbocycles. The van der Waals surface area contributed by atoms with Crippen LogP contribution in [0.3, 0.4) is 0 Å². The number of hydrogen-bond acceptors (Lipinski definition) is 1.